The van der Waals surface area contributed by atoms with Crippen LogP contribution in [0.15, 0.2) is 30.3 Å². The number of rotatable bonds is 3. The molecule has 19 heavy (non-hydrogen) atoms. The lowest BCUT2D eigenvalue weighted by Crippen LogP contribution is -2.38. The first-order valence-electron chi connectivity index (χ1n) is 7.12. The molecule has 1 aromatic rings. The van der Waals surface area contributed by atoms with Gasteiger partial charge < -0.3 is 0 Å². The van der Waals surface area contributed by atoms with E-state index in [0.717, 1.165) is 38.5 Å². The number of imide groups is 1. The van der Waals surface area contributed by atoms with Crippen LogP contribution in [0.3, 0.4) is 0 Å². The molecule has 0 aromatic heterocycles. The van der Waals surface area contributed by atoms with Gasteiger partial charge in [0.2, 0.25) is 11.8 Å². The lowest BCUT2D eigenvalue weighted by molar-refractivity contribution is -0.130. The minimum atomic E-state index is -0.425. The standard InChI is InChI=1S/C16H19NO2/c18-14-13-8-4-5-10-16(13,15(19)17-14)11-9-12-6-2-1-3-7-12/h1-3,6-7,13H,4-5,8-11H2,(H,17,18,19). The molecule has 1 saturated carbocycles. The highest BCUT2D eigenvalue weighted by atomic mass is 16.2. The molecule has 3 heteroatoms. The number of fused-ring (bicyclic) bond motifs is 1. The van der Waals surface area contributed by atoms with Gasteiger partial charge in [-0.15, -0.1) is 0 Å². The topological polar surface area (TPSA) is 46.2 Å². The first-order chi connectivity index (χ1) is 9.22. The minimum Gasteiger partial charge on any atom is -0.296 e. The fourth-order valence-electron chi connectivity index (χ4n) is 3.64. The molecule has 0 radical (unpaired) electrons. The van der Waals surface area contributed by atoms with Crippen LogP contribution in [0.1, 0.15) is 37.7 Å². The summed E-state index contributed by atoms with van der Waals surface area (Å²) in [6, 6.07) is 10.2. The van der Waals surface area contributed by atoms with E-state index in [9.17, 15) is 9.59 Å². The Morgan fingerprint density at radius 1 is 1.16 bits per heavy atom. The lowest BCUT2D eigenvalue weighted by Gasteiger charge is -2.35. The molecular weight excluding hydrogens is 238 g/mol. The smallest absolute Gasteiger partial charge is 0.233 e. The second-order valence-corrected chi connectivity index (χ2v) is 5.76. The van der Waals surface area contributed by atoms with Crippen LogP contribution in [0.2, 0.25) is 0 Å². The van der Waals surface area contributed by atoms with E-state index in [0.29, 0.717) is 0 Å². The Morgan fingerprint density at radius 2 is 1.95 bits per heavy atom. The number of hydrogen-bond acceptors (Lipinski definition) is 2. The molecule has 2 atom stereocenters. The van der Waals surface area contributed by atoms with Crippen LogP contribution in [-0.2, 0) is 16.0 Å². The van der Waals surface area contributed by atoms with Gasteiger partial charge in [-0.05, 0) is 31.2 Å². The molecule has 2 amide bonds. The van der Waals surface area contributed by atoms with Crippen molar-refractivity contribution < 1.29 is 9.59 Å². The van der Waals surface area contributed by atoms with Gasteiger partial charge in [-0.1, -0.05) is 43.2 Å². The Labute approximate surface area is 113 Å². The molecule has 1 aliphatic heterocycles. The van der Waals surface area contributed by atoms with Gasteiger partial charge in [0.1, 0.15) is 0 Å². The second kappa shape index (κ2) is 4.80. The molecule has 1 N–H and O–H groups in total. The van der Waals surface area contributed by atoms with Crippen molar-refractivity contribution in [2.75, 3.05) is 0 Å². The first-order valence-corrected chi connectivity index (χ1v) is 7.12. The Balaban J connectivity index is 1.80. The van der Waals surface area contributed by atoms with Crippen molar-refractivity contribution in [3.8, 4) is 0 Å². The average molecular weight is 257 g/mol. The molecule has 1 saturated heterocycles. The number of hydrogen-bond donors (Lipinski definition) is 1. The quantitative estimate of drug-likeness (QED) is 0.845. The minimum absolute atomic E-state index is 0.0295. The third-order valence-electron chi connectivity index (χ3n) is 4.74. The summed E-state index contributed by atoms with van der Waals surface area (Å²) in [5.41, 5.74) is 0.818. The van der Waals surface area contributed by atoms with Crippen molar-refractivity contribution in [1.29, 1.82) is 0 Å². The Morgan fingerprint density at radius 3 is 2.74 bits per heavy atom. The molecule has 1 aromatic carbocycles. The third-order valence-corrected chi connectivity index (χ3v) is 4.74. The van der Waals surface area contributed by atoms with Crippen molar-refractivity contribution in [3.05, 3.63) is 35.9 Å². The van der Waals surface area contributed by atoms with E-state index in [1.54, 1.807) is 0 Å². The number of aryl methyl sites for hydroxylation is 1. The summed E-state index contributed by atoms with van der Waals surface area (Å²) in [6.07, 6.45) is 5.52. The van der Waals surface area contributed by atoms with Gasteiger partial charge in [0.25, 0.3) is 0 Å². The van der Waals surface area contributed by atoms with Gasteiger partial charge in [0, 0.05) is 0 Å². The molecular formula is C16H19NO2. The van der Waals surface area contributed by atoms with Crippen LogP contribution in [0.4, 0.5) is 0 Å². The van der Waals surface area contributed by atoms with E-state index in [2.05, 4.69) is 17.4 Å². The second-order valence-electron chi connectivity index (χ2n) is 5.76. The van der Waals surface area contributed by atoms with Gasteiger partial charge in [-0.2, -0.15) is 0 Å². The molecule has 2 aliphatic rings. The number of nitrogens with one attached hydrogen (secondary N) is 1. The van der Waals surface area contributed by atoms with Crippen LogP contribution >= 0.6 is 0 Å². The van der Waals surface area contributed by atoms with E-state index in [1.165, 1.54) is 5.56 Å². The Bertz CT molecular complexity index is 497. The van der Waals surface area contributed by atoms with Gasteiger partial charge in [0.05, 0.1) is 11.3 Å². The largest absolute Gasteiger partial charge is 0.296 e. The molecule has 1 heterocycles. The van der Waals surface area contributed by atoms with Crippen LogP contribution in [0.25, 0.3) is 0 Å². The Kier molecular flexibility index (Phi) is 3.13. The number of carbonyl (C=O) groups is 2. The highest BCUT2D eigenvalue weighted by Gasteiger charge is 2.55. The van der Waals surface area contributed by atoms with Gasteiger partial charge in [-0.25, -0.2) is 0 Å². The summed E-state index contributed by atoms with van der Waals surface area (Å²) in [4.78, 5) is 24.1. The number of amides is 2. The summed E-state index contributed by atoms with van der Waals surface area (Å²) in [7, 11) is 0. The van der Waals surface area contributed by atoms with E-state index in [4.69, 9.17) is 0 Å². The van der Waals surface area contributed by atoms with E-state index in [1.807, 2.05) is 18.2 Å². The molecule has 2 unspecified atom stereocenters. The van der Waals surface area contributed by atoms with Crippen LogP contribution in [-0.4, -0.2) is 11.8 Å². The van der Waals surface area contributed by atoms with Crippen molar-refractivity contribution in [2.45, 2.75) is 38.5 Å². The van der Waals surface area contributed by atoms with Crippen molar-refractivity contribution in [3.63, 3.8) is 0 Å². The van der Waals surface area contributed by atoms with E-state index >= 15 is 0 Å². The molecule has 0 bridgehead atoms. The monoisotopic (exact) mass is 257 g/mol. The molecule has 3 nitrogen and oxygen atoms in total. The highest BCUT2D eigenvalue weighted by Crippen LogP contribution is 2.48. The average Bonchev–Trinajstić information content (AvgIpc) is 2.70. The fraction of sp³-hybridized carbons (Fsp3) is 0.500. The van der Waals surface area contributed by atoms with Crippen molar-refractivity contribution >= 4 is 11.8 Å². The normalized spacial score (nSPS) is 30.0. The first kappa shape index (κ1) is 12.4. The van der Waals surface area contributed by atoms with Crippen molar-refractivity contribution in [1.82, 2.24) is 5.32 Å². The van der Waals surface area contributed by atoms with Gasteiger partial charge in [0.15, 0.2) is 0 Å². The zero-order valence-electron chi connectivity index (χ0n) is 11.0. The van der Waals surface area contributed by atoms with Crippen LogP contribution in [0, 0.1) is 11.3 Å². The summed E-state index contributed by atoms with van der Waals surface area (Å²) >= 11 is 0. The van der Waals surface area contributed by atoms with Gasteiger partial charge in [-0.3, -0.25) is 14.9 Å². The fourth-order valence-corrected chi connectivity index (χ4v) is 3.64. The summed E-state index contributed by atoms with van der Waals surface area (Å²) in [6.45, 7) is 0. The highest BCUT2D eigenvalue weighted by molar-refractivity contribution is 6.07. The SMILES string of the molecule is O=C1NC(=O)C2(CCc3ccccc3)CCCCC12. The maximum Gasteiger partial charge on any atom is 0.233 e. The maximum absolute atomic E-state index is 12.2. The Hall–Kier alpha value is -1.64. The van der Waals surface area contributed by atoms with E-state index in [-0.39, 0.29) is 17.7 Å². The third kappa shape index (κ3) is 2.07. The van der Waals surface area contributed by atoms with E-state index < -0.39 is 5.41 Å². The summed E-state index contributed by atoms with van der Waals surface area (Å²) in [5, 5.41) is 2.56. The number of carbonyl (C=O) groups excluding carboxylic acids is 2. The summed E-state index contributed by atoms with van der Waals surface area (Å²) in [5.74, 6) is -0.159. The predicted molar refractivity (Wildman–Crippen MR) is 72.3 cm³/mol. The molecule has 0 spiro atoms. The zero-order chi connectivity index (χ0) is 13.3. The zero-order valence-corrected chi connectivity index (χ0v) is 11.0. The number of benzene rings is 1. The maximum atomic E-state index is 12.2. The molecule has 3 rings (SSSR count). The molecule has 2 fully saturated rings. The van der Waals surface area contributed by atoms with Crippen molar-refractivity contribution in [2.24, 2.45) is 11.3 Å². The van der Waals surface area contributed by atoms with Crippen LogP contribution in [0.5, 0.6) is 0 Å². The van der Waals surface area contributed by atoms with Crippen LogP contribution < -0.4 is 5.32 Å². The van der Waals surface area contributed by atoms with Gasteiger partial charge >= 0.3 is 0 Å². The molecule has 1 aliphatic carbocycles. The molecule has 100 valence electrons. The summed E-state index contributed by atoms with van der Waals surface area (Å²) < 4.78 is 0. The lowest BCUT2D eigenvalue weighted by atomic mass is 9.65. The predicted octanol–water partition coefficient (Wildman–Crippen LogP) is 2.45.